The smallest absolute Gasteiger partial charge is 0.0560 e. The summed E-state index contributed by atoms with van der Waals surface area (Å²) in [4.78, 5) is 6.83. The average molecular weight is 231 g/mol. The fourth-order valence-electron chi connectivity index (χ4n) is 2.28. The van der Waals surface area contributed by atoms with E-state index in [1.165, 1.54) is 44.5 Å². The van der Waals surface area contributed by atoms with E-state index in [2.05, 4.69) is 22.0 Å². The summed E-state index contributed by atoms with van der Waals surface area (Å²) in [5.41, 5.74) is 7.98. The highest BCUT2D eigenvalue weighted by molar-refractivity contribution is 5.47. The first kappa shape index (κ1) is 11.0. The van der Waals surface area contributed by atoms with Gasteiger partial charge in [-0.1, -0.05) is 0 Å². The Kier molecular flexibility index (Phi) is 3.02. The number of rotatable bonds is 6. The zero-order chi connectivity index (χ0) is 11.7. The predicted molar refractivity (Wildman–Crippen MR) is 69.8 cm³/mol. The van der Waals surface area contributed by atoms with E-state index >= 15 is 0 Å². The lowest BCUT2D eigenvalue weighted by Crippen LogP contribution is -2.28. The molecule has 3 heteroatoms. The molecule has 2 saturated carbocycles. The molecule has 2 aliphatic carbocycles. The van der Waals surface area contributed by atoms with E-state index in [9.17, 15) is 0 Å². The van der Waals surface area contributed by atoms with Crippen LogP contribution in [0.2, 0.25) is 0 Å². The number of hydrogen-bond donors (Lipinski definition) is 1. The minimum Gasteiger partial charge on any atom is -0.371 e. The number of nitrogens with two attached hydrogens (primary N) is 1. The molecule has 0 atom stereocenters. The van der Waals surface area contributed by atoms with E-state index in [0.717, 1.165) is 17.5 Å². The summed E-state index contributed by atoms with van der Waals surface area (Å²) in [6.07, 6.45) is 7.54. The van der Waals surface area contributed by atoms with Crippen molar-refractivity contribution >= 4 is 5.69 Å². The zero-order valence-corrected chi connectivity index (χ0v) is 10.3. The molecule has 2 fully saturated rings. The first-order valence-corrected chi connectivity index (χ1v) is 6.75. The van der Waals surface area contributed by atoms with E-state index in [4.69, 9.17) is 5.73 Å². The summed E-state index contributed by atoms with van der Waals surface area (Å²) in [5, 5.41) is 0. The van der Waals surface area contributed by atoms with Gasteiger partial charge in [0, 0.05) is 31.5 Å². The third-order valence-electron chi connectivity index (χ3n) is 3.73. The van der Waals surface area contributed by atoms with Crippen LogP contribution in [0, 0.1) is 11.8 Å². The van der Waals surface area contributed by atoms with Crippen molar-refractivity contribution in [1.82, 2.24) is 4.98 Å². The summed E-state index contributed by atoms with van der Waals surface area (Å²) in [7, 11) is 0. The Morgan fingerprint density at radius 3 is 2.35 bits per heavy atom. The second-order valence-corrected chi connectivity index (χ2v) is 5.50. The molecule has 17 heavy (non-hydrogen) atoms. The van der Waals surface area contributed by atoms with Crippen LogP contribution >= 0.6 is 0 Å². The number of aromatic nitrogens is 1. The number of anilines is 1. The quantitative estimate of drug-likeness (QED) is 0.816. The second-order valence-electron chi connectivity index (χ2n) is 5.50. The summed E-state index contributed by atoms with van der Waals surface area (Å²) < 4.78 is 0. The maximum Gasteiger partial charge on any atom is 0.0560 e. The zero-order valence-electron chi connectivity index (χ0n) is 10.3. The molecule has 1 aromatic rings. The third-order valence-corrected chi connectivity index (χ3v) is 3.73. The van der Waals surface area contributed by atoms with Gasteiger partial charge in [0.2, 0.25) is 0 Å². The molecule has 92 valence electrons. The number of hydrogen-bond acceptors (Lipinski definition) is 3. The van der Waals surface area contributed by atoms with Gasteiger partial charge in [-0.05, 0) is 49.7 Å². The minimum atomic E-state index is 0.536. The van der Waals surface area contributed by atoms with Crippen LogP contribution in [0.1, 0.15) is 31.4 Å². The molecule has 1 aromatic heterocycles. The summed E-state index contributed by atoms with van der Waals surface area (Å²) >= 11 is 0. The van der Waals surface area contributed by atoms with E-state index in [1.54, 1.807) is 0 Å². The van der Waals surface area contributed by atoms with Gasteiger partial charge in [0.15, 0.2) is 0 Å². The summed E-state index contributed by atoms with van der Waals surface area (Å²) in [5.74, 6) is 1.87. The molecule has 0 saturated heterocycles. The fourth-order valence-corrected chi connectivity index (χ4v) is 2.28. The van der Waals surface area contributed by atoms with Gasteiger partial charge in [-0.25, -0.2) is 0 Å². The largest absolute Gasteiger partial charge is 0.371 e. The van der Waals surface area contributed by atoms with Gasteiger partial charge in [-0.15, -0.1) is 0 Å². The first-order chi connectivity index (χ1) is 8.35. The lowest BCUT2D eigenvalue weighted by Gasteiger charge is -2.25. The van der Waals surface area contributed by atoms with Gasteiger partial charge >= 0.3 is 0 Å². The molecule has 0 radical (unpaired) electrons. The topological polar surface area (TPSA) is 42.1 Å². The maximum absolute atomic E-state index is 5.67. The lowest BCUT2D eigenvalue weighted by atomic mass is 10.2. The van der Waals surface area contributed by atoms with Crippen LogP contribution in [-0.4, -0.2) is 18.1 Å². The van der Waals surface area contributed by atoms with Gasteiger partial charge < -0.3 is 10.6 Å². The van der Waals surface area contributed by atoms with Crippen LogP contribution in [0.25, 0.3) is 0 Å². The SMILES string of the molecule is NCc1cc(N(CC2CC2)CC2CC2)ccn1. The van der Waals surface area contributed by atoms with Gasteiger partial charge in [-0.3, -0.25) is 4.98 Å². The van der Waals surface area contributed by atoms with E-state index in [1.807, 2.05) is 6.20 Å². The van der Waals surface area contributed by atoms with Crippen molar-refractivity contribution in [2.24, 2.45) is 17.6 Å². The summed E-state index contributed by atoms with van der Waals surface area (Å²) in [6, 6.07) is 4.29. The van der Waals surface area contributed by atoms with E-state index in [0.29, 0.717) is 6.54 Å². The summed E-state index contributed by atoms with van der Waals surface area (Å²) in [6.45, 7) is 2.99. The van der Waals surface area contributed by atoms with Crippen molar-refractivity contribution in [1.29, 1.82) is 0 Å². The van der Waals surface area contributed by atoms with Crippen molar-refractivity contribution in [3.63, 3.8) is 0 Å². The Labute approximate surface area is 103 Å². The molecule has 0 bridgehead atoms. The molecule has 0 unspecified atom stereocenters. The van der Waals surface area contributed by atoms with Crippen molar-refractivity contribution in [3.8, 4) is 0 Å². The fraction of sp³-hybridized carbons (Fsp3) is 0.643. The van der Waals surface area contributed by atoms with Gasteiger partial charge in [0.1, 0.15) is 0 Å². The second kappa shape index (κ2) is 4.65. The molecule has 0 aliphatic heterocycles. The average Bonchev–Trinajstić information content (AvgIpc) is 3.23. The van der Waals surface area contributed by atoms with Crippen molar-refractivity contribution < 1.29 is 0 Å². The molecule has 2 N–H and O–H groups in total. The molecule has 0 aromatic carbocycles. The Balaban J connectivity index is 1.73. The van der Waals surface area contributed by atoms with Crippen molar-refractivity contribution in [2.45, 2.75) is 32.2 Å². The minimum absolute atomic E-state index is 0.536. The molecule has 2 aliphatic rings. The Bertz CT molecular complexity index is 369. The highest BCUT2D eigenvalue weighted by atomic mass is 15.1. The predicted octanol–water partition coefficient (Wildman–Crippen LogP) is 2.17. The van der Waals surface area contributed by atoms with Crippen LogP contribution in [0.3, 0.4) is 0 Å². The van der Waals surface area contributed by atoms with Crippen LogP contribution in [-0.2, 0) is 6.54 Å². The van der Waals surface area contributed by atoms with E-state index in [-0.39, 0.29) is 0 Å². The highest BCUT2D eigenvalue weighted by Gasteiger charge is 2.29. The first-order valence-electron chi connectivity index (χ1n) is 6.75. The third kappa shape index (κ3) is 2.97. The van der Waals surface area contributed by atoms with Gasteiger partial charge in [-0.2, -0.15) is 0 Å². The molecule has 0 spiro atoms. The highest BCUT2D eigenvalue weighted by Crippen LogP contribution is 2.35. The lowest BCUT2D eigenvalue weighted by molar-refractivity contribution is 0.678. The monoisotopic (exact) mass is 231 g/mol. The Morgan fingerprint density at radius 2 is 1.82 bits per heavy atom. The van der Waals surface area contributed by atoms with Gasteiger partial charge in [0.25, 0.3) is 0 Å². The standard InChI is InChI=1S/C14H21N3/c15-8-13-7-14(5-6-16-13)17(9-11-1-2-11)10-12-3-4-12/h5-7,11-12H,1-4,8-10,15H2. The van der Waals surface area contributed by atoms with Crippen LogP contribution < -0.4 is 10.6 Å². The van der Waals surface area contributed by atoms with Crippen molar-refractivity contribution in [3.05, 3.63) is 24.0 Å². The molecule has 1 heterocycles. The number of pyridine rings is 1. The molecule has 0 amide bonds. The normalized spacial score (nSPS) is 19.4. The maximum atomic E-state index is 5.67. The van der Waals surface area contributed by atoms with Gasteiger partial charge in [0.05, 0.1) is 5.69 Å². The Hall–Kier alpha value is -1.09. The molecule has 3 nitrogen and oxygen atoms in total. The van der Waals surface area contributed by atoms with E-state index < -0.39 is 0 Å². The number of nitrogens with zero attached hydrogens (tertiary/aromatic N) is 2. The molecular weight excluding hydrogens is 210 g/mol. The van der Waals surface area contributed by atoms with Crippen molar-refractivity contribution in [2.75, 3.05) is 18.0 Å². The Morgan fingerprint density at radius 1 is 1.18 bits per heavy atom. The van der Waals surface area contributed by atoms with Crippen LogP contribution in [0.15, 0.2) is 18.3 Å². The molecular formula is C14H21N3. The van der Waals surface area contributed by atoms with Crippen LogP contribution in [0.4, 0.5) is 5.69 Å². The van der Waals surface area contributed by atoms with Crippen LogP contribution in [0.5, 0.6) is 0 Å². The molecule has 3 rings (SSSR count).